The molecule has 46 heavy (non-hydrogen) atoms. The van der Waals surface area contributed by atoms with Crippen LogP contribution in [0, 0.1) is 5.41 Å². The van der Waals surface area contributed by atoms with Gasteiger partial charge in [0.15, 0.2) is 0 Å². The van der Waals surface area contributed by atoms with Gasteiger partial charge in [0.1, 0.15) is 17.2 Å². The van der Waals surface area contributed by atoms with Crippen molar-refractivity contribution in [3.63, 3.8) is 0 Å². The summed E-state index contributed by atoms with van der Waals surface area (Å²) in [5.41, 5.74) is 1.83. The fraction of sp³-hybridized carbons (Fsp3) is 0.256. The minimum atomic E-state index is -1.34. The Kier molecular flexibility index (Phi) is 8.34. The maximum absolute atomic E-state index is 14.3. The van der Waals surface area contributed by atoms with Crippen LogP contribution in [0.25, 0.3) is 0 Å². The molecule has 7 heteroatoms. The Morgan fingerprint density at radius 1 is 0.783 bits per heavy atom. The van der Waals surface area contributed by atoms with Crippen LogP contribution >= 0.6 is 11.6 Å². The lowest BCUT2D eigenvalue weighted by Crippen LogP contribution is -2.58. The molecule has 6 rings (SSSR count). The summed E-state index contributed by atoms with van der Waals surface area (Å²) in [6, 6.07) is 40.2. The van der Waals surface area contributed by atoms with E-state index >= 15 is 0 Å². The molecule has 2 amide bonds. The number of nitrogens with zero attached hydrogens (tertiary/aromatic N) is 4. The highest BCUT2D eigenvalue weighted by atomic mass is 35.5. The van der Waals surface area contributed by atoms with Crippen molar-refractivity contribution in [2.45, 2.75) is 44.4 Å². The van der Waals surface area contributed by atoms with Crippen molar-refractivity contribution in [2.24, 2.45) is 5.41 Å². The molecule has 1 aliphatic heterocycles. The molecule has 0 radical (unpaired) electrons. The zero-order valence-electron chi connectivity index (χ0n) is 26.7. The zero-order valence-corrected chi connectivity index (χ0v) is 27.4. The van der Waals surface area contributed by atoms with Crippen molar-refractivity contribution in [2.75, 3.05) is 12.9 Å². The standard InChI is InChI=1S/C39H39ClN4O2/c1-37(2,3)35-42(4)36(46)38(27-40,44(35)34(45)29-17-9-5-10-18-29)25-33-26-43(28-41-33)39(30-19-11-6-12-20-30,31-21-13-7-14-22-31)32-23-15-8-16-24-32/h5-24,26,28,35H,25,27H2,1-4H3/t35-,38-/m1/s1. The quantitative estimate of drug-likeness (QED) is 0.134. The Hall–Kier alpha value is -4.68. The highest BCUT2D eigenvalue weighted by molar-refractivity contribution is 6.21. The number of alkyl halides is 1. The van der Waals surface area contributed by atoms with Crippen molar-refractivity contribution in [1.29, 1.82) is 0 Å². The first kappa shape index (κ1) is 31.3. The predicted octanol–water partition coefficient (Wildman–Crippen LogP) is 7.23. The van der Waals surface area contributed by atoms with E-state index in [1.165, 1.54) is 0 Å². The monoisotopic (exact) mass is 630 g/mol. The first-order chi connectivity index (χ1) is 22.1. The molecule has 2 heterocycles. The summed E-state index contributed by atoms with van der Waals surface area (Å²) < 4.78 is 2.12. The number of rotatable bonds is 8. The summed E-state index contributed by atoms with van der Waals surface area (Å²) in [4.78, 5) is 37.0. The number of amides is 2. The smallest absolute Gasteiger partial charge is 0.256 e. The van der Waals surface area contributed by atoms with Crippen LogP contribution in [0.2, 0.25) is 0 Å². The second kappa shape index (κ2) is 12.3. The molecule has 1 saturated heterocycles. The fourth-order valence-electron chi connectivity index (χ4n) is 7.20. The fourth-order valence-corrected chi connectivity index (χ4v) is 7.53. The van der Waals surface area contributed by atoms with Crippen molar-refractivity contribution in [3.8, 4) is 0 Å². The van der Waals surface area contributed by atoms with Gasteiger partial charge in [-0.3, -0.25) is 9.59 Å². The normalized spacial score (nSPS) is 18.6. The molecule has 2 atom stereocenters. The number of aromatic nitrogens is 2. The SMILES string of the molecule is CN1C(=O)[C@](CCl)(Cc2cn(C(c3ccccc3)(c3ccccc3)c3ccccc3)cn2)N(C(=O)c2ccccc2)[C@@H]1C(C)(C)C. The van der Waals surface area contributed by atoms with E-state index in [2.05, 4.69) is 41.0 Å². The topological polar surface area (TPSA) is 58.4 Å². The number of likely N-dealkylation sites (N-methyl/N-ethyl adjacent to an activating group) is 1. The summed E-state index contributed by atoms with van der Waals surface area (Å²) in [7, 11) is 1.77. The maximum atomic E-state index is 14.3. The summed E-state index contributed by atoms with van der Waals surface area (Å²) in [5, 5.41) is 0. The van der Waals surface area contributed by atoms with Gasteiger partial charge in [0.05, 0.1) is 17.9 Å². The van der Waals surface area contributed by atoms with E-state index < -0.39 is 22.7 Å². The summed E-state index contributed by atoms with van der Waals surface area (Å²) in [6.07, 6.45) is 3.49. The van der Waals surface area contributed by atoms with Crippen LogP contribution in [-0.2, 0) is 16.8 Å². The second-order valence-electron chi connectivity index (χ2n) is 13.1. The van der Waals surface area contributed by atoms with E-state index in [1.807, 2.05) is 106 Å². The average molecular weight is 631 g/mol. The van der Waals surface area contributed by atoms with Gasteiger partial charge in [0.25, 0.3) is 11.8 Å². The number of halogens is 1. The molecule has 0 unspecified atom stereocenters. The molecule has 6 nitrogen and oxygen atoms in total. The van der Waals surface area contributed by atoms with Gasteiger partial charge in [-0.05, 0) is 28.8 Å². The molecular formula is C39H39ClN4O2. The lowest BCUT2D eigenvalue weighted by atomic mass is 9.76. The number of carbonyl (C=O) groups is 2. The van der Waals surface area contributed by atoms with E-state index in [9.17, 15) is 9.59 Å². The molecule has 0 spiro atoms. The molecule has 0 bridgehead atoms. The minimum absolute atomic E-state index is 0.0740. The minimum Gasteiger partial charge on any atom is -0.322 e. The molecule has 1 aliphatic rings. The van der Waals surface area contributed by atoms with Gasteiger partial charge in [0, 0.05) is 30.6 Å². The molecule has 4 aromatic carbocycles. The Balaban J connectivity index is 1.52. The molecule has 0 N–H and O–H groups in total. The van der Waals surface area contributed by atoms with Crippen LogP contribution < -0.4 is 0 Å². The number of hydrogen-bond acceptors (Lipinski definition) is 3. The molecular weight excluding hydrogens is 592 g/mol. The average Bonchev–Trinajstić information content (AvgIpc) is 3.63. The number of imidazole rings is 1. The van der Waals surface area contributed by atoms with Gasteiger partial charge < -0.3 is 14.4 Å². The molecule has 1 fully saturated rings. The molecule has 234 valence electrons. The van der Waals surface area contributed by atoms with E-state index in [0.29, 0.717) is 11.3 Å². The van der Waals surface area contributed by atoms with E-state index in [0.717, 1.165) is 16.7 Å². The van der Waals surface area contributed by atoms with Crippen LogP contribution in [-0.4, -0.2) is 55.8 Å². The van der Waals surface area contributed by atoms with Crippen LogP contribution in [0.15, 0.2) is 134 Å². The third-order valence-corrected chi connectivity index (χ3v) is 9.54. The van der Waals surface area contributed by atoms with E-state index in [4.69, 9.17) is 16.6 Å². The summed E-state index contributed by atoms with van der Waals surface area (Å²) >= 11 is 6.82. The van der Waals surface area contributed by atoms with Crippen molar-refractivity contribution >= 4 is 23.4 Å². The van der Waals surface area contributed by atoms with E-state index in [-0.39, 0.29) is 24.1 Å². The highest BCUT2D eigenvalue weighted by Gasteiger charge is 2.61. The van der Waals surface area contributed by atoms with Crippen LogP contribution in [0.4, 0.5) is 0 Å². The largest absolute Gasteiger partial charge is 0.322 e. The first-order valence-corrected chi connectivity index (χ1v) is 16.1. The predicted molar refractivity (Wildman–Crippen MR) is 183 cm³/mol. The Morgan fingerprint density at radius 2 is 1.24 bits per heavy atom. The lowest BCUT2D eigenvalue weighted by Gasteiger charge is -2.42. The molecule has 1 aromatic heterocycles. The summed E-state index contributed by atoms with van der Waals surface area (Å²) in [6.45, 7) is 6.12. The third-order valence-electron chi connectivity index (χ3n) is 9.10. The molecule has 0 aliphatic carbocycles. The second-order valence-corrected chi connectivity index (χ2v) is 13.4. The van der Waals surface area contributed by atoms with E-state index in [1.54, 1.807) is 29.0 Å². The number of carbonyl (C=O) groups excluding carboxylic acids is 2. The van der Waals surface area contributed by atoms with Gasteiger partial charge in [-0.25, -0.2) is 4.98 Å². The van der Waals surface area contributed by atoms with Crippen LogP contribution in [0.5, 0.6) is 0 Å². The Bertz CT molecular complexity index is 1710. The van der Waals surface area contributed by atoms with Crippen LogP contribution in [0.1, 0.15) is 53.5 Å². The Morgan fingerprint density at radius 3 is 1.67 bits per heavy atom. The molecule has 5 aromatic rings. The third kappa shape index (κ3) is 5.11. The van der Waals surface area contributed by atoms with Crippen molar-refractivity contribution in [3.05, 3.63) is 162 Å². The highest BCUT2D eigenvalue weighted by Crippen LogP contribution is 2.44. The molecule has 0 saturated carbocycles. The zero-order chi connectivity index (χ0) is 32.5. The number of benzene rings is 4. The van der Waals surface area contributed by atoms with Crippen LogP contribution in [0.3, 0.4) is 0 Å². The summed E-state index contributed by atoms with van der Waals surface area (Å²) in [5.74, 6) is -0.498. The lowest BCUT2D eigenvalue weighted by molar-refractivity contribution is -0.132. The maximum Gasteiger partial charge on any atom is 0.256 e. The number of hydrogen-bond donors (Lipinski definition) is 0. The van der Waals surface area contributed by atoms with Gasteiger partial charge >= 0.3 is 0 Å². The first-order valence-electron chi connectivity index (χ1n) is 15.6. The van der Waals surface area contributed by atoms with Gasteiger partial charge in [-0.1, -0.05) is 130 Å². The van der Waals surface area contributed by atoms with Crippen molar-refractivity contribution in [1.82, 2.24) is 19.4 Å². The van der Waals surface area contributed by atoms with Crippen molar-refractivity contribution < 1.29 is 9.59 Å². The Labute approximate surface area is 276 Å². The van der Waals surface area contributed by atoms with Gasteiger partial charge in [-0.15, -0.1) is 11.6 Å². The van der Waals surface area contributed by atoms with Gasteiger partial charge in [-0.2, -0.15) is 0 Å². The van der Waals surface area contributed by atoms with Gasteiger partial charge in [0.2, 0.25) is 0 Å².